The minimum absolute atomic E-state index is 0.236. The molecule has 9 heteroatoms. The number of urea groups is 1. The van der Waals surface area contributed by atoms with E-state index < -0.39 is 12.0 Å². The van der Waals surface area contributed by atoms with E-state index in [4.69, 9.17) is 14.2 Å². The lowest BCUT2D eigenvalue weighted by Gasteiger charge is -2.38. The second kappa shape index (κ2) is 11.8. The molecule has 0 radical (unpaired) electrons. The molecule has 36 heavy (non-hydrogen) atoms. The van der Waals surface area contributed by atoms with Gasteiger partial charge in [-0.3, -0.25) is 4.90 Å². The van der Waals surface area contributed by atoms with Crippen molar-refractivity contribution in [1.82, 2.24) is 15.5 Å². The highest BCUT2D eigenvalue weighted by Crippen LogP contribution is 2.34. The van der Waals surface area contributed by atoms with Crippen LogP contribution in [-0.2, 0) is 9.53 Å². The Hall–Kier alpha value is -3.72. The lowest BCUT2D eigenvalue weighted by molar-refractivity contribution is -0.139. The fourth-order valence-corrected chi connectivity index (χ4v) is 4.70. The number of nitrogens with one attached hydrogen (secondary N) is 2. The van der Waals surface area contributed by atoms with Crippen molar-refractivity contribution in [3.8, 4) is 11.5 Å². The number of amides is 2. The molecule has 0 spiro atoms. The maximum Gasteiger partial charge on any atom is 0.338 e. The molecule has 9 nitrogen and oxygen atoms in total. The first-order valence-electron chi connectivity index (χ1n) is 12.3. The normalized spacial score (nSPS) is 18.4. The van der Waals surface area contributed by atoms with E-state index in [1.807, 2.05) is 49.4 Å². The summed E-state index contributed by atoms with van der Waals surface area (Å²) in [6.07, 6.45) is 0. The molecule has 2 aliphatic heterocycles. The molecule has 2 aromatic rings. The van der Waals surface area contributed by atoms with Crippen molar-refractivity contribution in [2.75, 3.05) is 57.9 Å². The van der Waals surface area contributed by atoms with Crippen molar-refractivity contribution in [2.45, 2.75) is 19.9 Å². The Balaban J connectivity index is 1.57. The molecule has 4 rings (SSSR count). The van der Waals surface area contributed by atoms with Crippen molar-refractivity contribution in [2.24, 2.45) is 0 Å². The average Bonchev–Trinajstić information content (AvgIpc) is 2.89. The average molecular weight is 495 g/mol. The van der Waals surface area contributed by atoms with Crippen molar-refractivity contribution in [1.29, 1.82) is 0 Å². The van der Waals surface area contributed by atoms with Gasteiger partial charge in [-0.15, -0.1) is 0 Å². The fraction of sp³-hybridized carbons (Fsp3) is 0.407. The number of hydrogen-bond acceptors (Lipinski definition) is 7. The zero-order valence-corrected chi connectivity index (χ0v) is 21.1. The van der Waals surface area contributed by atoms with Crippen LogP contribution >= 0.6 is 0 Å². The number of methoxy groups -OCH3 is 1. The SMILES string of the molecule is CCOC(=O)C1=C(CN2CCN(c3ccccc3OCC)CC2)NC(=O)NC1c1ccccc1OC. The van der Waals surface area contributed by atoms with Gasteiger partial charge in [0.05, 0.1) is 37.6 Å². The molecule has 1 saturated heterocycles. The van der Waals surface area contributed by atoms with Crippen LogP contribution in [0.15, 0.2) is 59.8 Å². The van der Waals surface area contributed by atoms with Crippen LogP contribution in [0.5, 0.6) is 11.5 Å². The zero-order valence-electron chi connectivity index (χ0n) is 21.1. The van der Waals surface area contributed by atoms with Gasteiger partial charge in [0.25, 0.3) is 0 Å². The van der Waals surface area contributed by atoms with Crippen molar-refractivity contribution in [3.05, 3.63) is 65.4 Å². The minimum Gasteiger partial charge on any atom is -0.496 e. The Bertz CT molecular complexity index is 1110. The molecule has 2 N–H and O–H groups in total. The first-order valence-corrected chi connectivity index (χ1v) is 12.3. The third-order valence-corrected chi connectivity index (χ3v) is 6.36. The third-order valence-electron chi connectivity index (χ3n) is 6.36. The topological polar surface area (TPSA) is 92.4 Å². The molecule has 1 unspecified atom stereocenters. The maximum absolute atomic E-state index is 13.1. The van der Waals surface area contributed by atoms with E-state index in [2.05, 4.69) is 26.5 Å². The largest absolute Gasteiger partial charge is 0.496 e. The summed E-state index contributed by atoms with van der Waals surface area (Å²) >= 11 is 0. The third kappa shape index (κ3) is 5.57. The van der Waals surface area contributed by atoms with Crippen LogP contribution < -0.4 is 25.0 Å². The molecule has 192 valence electrons. The summed E-state index contributed by atoms with van der Waals surface area (Å²) in [6, 6.07) is 14.4. The van der Waals surface area contributed by atoms with E-state index in [0.717, 1.165) is 37.6 Å². The Kier molecular flexibility index (Phi) is 8.32. The fourth-order valence-electron chi connectivity index (χ4n) is 4.70. The molecule has 0 aliphatic carbocycles. The predicted molar refractivity (Wildman–Crippen MR) is 137 cm³/mol. The summed E-state index contributed by atoms with van der Waals surface area (Å²) < 4.78 is 16.7. The van der Waals surface area contributed by atoms with Gasteiger partial charge in [-0.2, -0.15) is 0 Å². The molecular formula is C27H34N4O5. The molecule has 2 heterocycles. The van der Waals surface area contributed by atoms with Crippen LogP contribution in [0.4, 0.5) is 10.5 Å². The van der Waals surface area contributed by atoms with Crippen molar-refractivity contribution >= 4 is 17.7 Å². The number of hydrogen-bond donors (Lipinski definition) is 2. The molecule has 1 fully saturated rings. The van der Waals surface area contributed by atoms with Crippen LogP contribution in [0.1, 0.15) is 25.5 Å². The molecule has 0 bridgehead atoms. The highest BCUT2D eigenvalue weighted by molar-refractivity contribution is 5.95. The molecular weight excluding hydrogens is 460 g/mol. The second-order valence-electron chi connectivity index (χ2n) is 8.55. The van der Waals surface area contributed by atoms with Gasteiger partial charge in [0.2, 0.25) is 0 Å². The van der Waals surface area contributed by atoms with Gasteiger partial charge in [0.1, 0.15) is 11.5 Å². The summed E-state index contributed by atoms with van der Waals surface area (Å²) in [7, 11) is 1.57. The quantitative estimate of drug-likeness (QED) is 0.518. The van der Waals surface area contributed by atoms with E-state index in [9.17, 15) is 9.59 Å². The highest BCUT2D eigenvalue weighted by Gasteiger charge is 2.36. The van der Waals surface area contributed by atoms with Crippen LogP contribution in [0.3, 0.4) is 0 Å². The van der Waals surface area contributed by atoms with E-state index in [1.54, 1.807) is 14.0 Å². The molecule has 2 amide bonds. The van der Waals surface area contributed by atoms with Gasteiger partial charge in [-0.25, -0.2) is 9.59 Å². The van der Waals surface area contributed by atoms with Crippen LogP contribution in [0.25, 0.3) is 0 Å². The Labute approximate surface area is 212 Å². The van der Waals surface area contributed by atoms with Gasteiger partial charge < -0.3 is 29.7 Å². The summed E-state index contributed by atoms with van der Waals surface area (Å²) in [5, 5.41) is 5.75. The van der Waals surface area contributed by atoms with E-state index >= 15 is 0 Å². The lowest BCUT2D eigenvalue weighted by Crippen LogP contribution is -2.52. The number of benzene rings is 2. The Morgan fingerprint density at radius 2 is 1.67 bits per heavy atom. The number of carbonyl (C=O) groups is 2. The van der Waals surface area contributed by atoms with Gasteiger partial charge >= 0.3 is 12.0 Å². The van der Waals surface area contributed by atoms with Crippen LogP contribution in [0, 0.1) is 0 Å². The van der Waals surface area contributed by atoms with E-state index in [1.165, 1.54) is 0 Å². The van der Waals surface area contributed by atoms with E-state index in [0.29, 0.717) is 35.7 Å². The van der Waals surface area contributed by atoms with Crippen LogP contribution in [-0.4, -0.2) is 69.9 Å². The molecule has 1 atom stereocenters. The summed E-state index contributed by atoms with van der Waals surface area (Å²) in [6.45, 7) is 8.16. The summed E-state index contributed by atoms with van der Waals surface area (Å²) in [5.41, 5.74) is 2.73. The number of piperazine rings is 1. The zero-order chi connectivity index (χ0) is 25.5. The first-order chi connectivity index (χ1) is 17.5. The number of anilines is 1. The monoisotopic (exact) mass is 494 g/mol. The number of nitrogens with zero attached hydrogens (tertiary/aromatic N) is 2. The van der Waals surface area contributed by atoms with Gasteiger partial charge in [0.15, 0.2) is 0 Å². The molecule has 2 aliphatic rings. The van der Waals surface area contributed by atoms with Crippen molar-refractivity contribution in [3.63, 3.8) is 0 Å². The van der Waals surface area contributed by atoms with Crippen LogP contribution in [0.2, 0.25) is 0 Å². The molecule has 0 saturated carbocycles. The predicted octanol–water partition coefficient (Wildman–Crippen LogP) is 3.09. The van der Waals surface area contributed by atoms with E-state index in [-0.39, 0.29) is 12.6 Å². The summed E-state index contributed by atoms with van der Waals surface area (Å²) in [5.74, 6) is 1.01. The number of rotatable bonds is 9. The summed E-state index contributed by atoms with van der Waals surface area (Å²) in [4.78, 5) is 30.3. The maximum atomic E-state index is 13.1. The van der Waals surface area contributed by atoms with Gasteiger partial charge in [0, 0.05) is 44.0 Å². The Morgan fingerprint density at radius 1 is 0.972 bits per heavy atom. The lowest BCUT2D eigenvalue weighted by atomic mass is 9.94. The second-order valence-corrected chi connectivity index (χ2v) is 8.55. The number of esters is 1. The number of para-hydroxylation sites is 3. The number of carbonyl (C=O) groups excluding carboxylic acids is 2. The van der Waals surface area contributed by atoms with Gasteiger partial charge in [-0.1, -0.05) is 30.3 Å². The highest BCUT2D eigenvalue weighted by atomic mass is 16.5. The number of ether oxygens (including phenoxy) is 3. The molecule has 0 aromatic heterocycles. The smallest absolute Gasteiger partial charge is 0.338 e. The first kappa shape index (κ1) is 25.4. The molecule has 2 aromatic carbocycles. The van der Waals surface area contributed by atoms with Gasteiger partial charge in [-0.05, 0) is 32.0 Å². The Morgan fingerprint density at radius 3 is 2.36 bits per heavy atom. The minimum atomic E-state index is -0.677. The van der Waals surface area contributed by atoms with Crippen molar-refractivity contribution < 1.29 is 23.8 Å². The standard InChI is InChI=1S/C27H34N4O5/c1-4-35-23-13-9-7-11-21(23)31-16-14-30(15-17-31)18-20-24(26(32)36-5-2)25(29-27(33)28-20)19-10-6-8-12-22(19)34-3/h6-13,25H,4-5,14-18H2,1-3H3,(H2,28,29,33).